The average Bonchev–Trinajstić information content (AvgIpc) is 3.20. The first-order valence-corrected chi connectivity index (χ1v) is 9.31. The van der Waals surface area contributed by atoms with Crippen LogP contribution in [-0.2, 0) is 16.6 Å². The predicted molar refractivity (Wildman–Crippen MR) is 81.4 cm³/mol. The fourth-order valence-electron chi connectivity index (χ4n) is 2.28. The Hall–Kier alpha value is -0.690. The SMILES string of the molecule is Cc1cc(S(=O)(=O)N2CC=CCC2)sc1CNC1CC1. The van der Waals surface area contributed by atoms with Gasteiger partial charge in [0.2, 0.25) is 0 Å². The van der Waals surface area contributed by atoms with Gasteiger partial charge in [-0.1, -0.05) is 12.2 Å². The Bertz CT molecular complexity index is 615. The van der Waals surface area contributed by atoms with Gasteiger partial charge in [-0.15, -0.1) is 11.3 Å². The monoisotopic (exact) mass is 312 g/mol. The van der Waals surface area contributed by atoms with E-state index in [1.165, 1.54) is 24.2 Å². The van der Waals surface area contributed by atoms with Crippen LogP contribution in [0.15, 0.2) is 22.4 Å². The molecule has 0 spiro atoms. The Kier molecular flexibility index (Phi) is 3.99. The first-order chi connectivity index (χ1) is 9.57. The van der Waals surface area contributed by atoms with Crippen molar-refractivity contribution in [3.05, 3.63) is 28.7 Å². The van der Waals surface area contributed by atoms with Gasteiger partial charge in [0, 0.05) is 30.6 Å². The summed E-state index contributed by atoms with van der Waals surface area (Å²) < 4.78 is 27.2. The molecular weight excluding hydrogens is 292 g/mol. The Morgan fingerprint density at radius 1 is 1.40 bits per heavy atom. The number of hydrogen-bond donors (Lipinski definition) is 1. The van der Waals surface area contributed by atoms with E-state index in [1.54, 1.807) is 4.31 Å². The van der Waals surface area contributed by atoms with E-state index in [0.717, 1.165) is 23.4 Å². The molecule has 0 bridgehead atoms. The van der Waals surface area contributed by atoms with Crippen molar-refractivity contribution in [1.82, 2.24) is 9.62 Å². The highest BCUT2D eigenvalue weighted by Crippen LogP contribution is 2.30. The van der Waals surface area contributed by atoms with Crippen LogP contribution in [0, 0.1) is 6.92 Å². The van der Waals surface area contributed by atoms with E-state index in [1.807, 2.05) is 25.1 Å². The van der Waals surface area contributed by atoms with Crippen molar-refractivity contribution in [3.63, 3.8) is 0 Å². The van der Waals surface area contributed by atoms with E-state index < -0.39 is 10.0 Å². The summed E-state index contributed by atoms with van der Waals surface area (Å²) in [6.45, 7) is 3.87. The van der Waals surface area contributed by atoms with Crippen LogP contribution < -0.4 is 5.32 Å². The van der Waals surface area contributed by atoms with Crippen LogP contribution in [-0.4, -0.2) is 31.9 Å². The summed E-state index contributed by atoms with van der Waals surface area (Å²) in [5, 5.41) is 3.45. The molecule has 1 saturated carbocycles. The van der Waals surface area contributed by atoms with Gasteiger partial charge in [-0.2, -0.15) is 4.31 Å². The number of nitrogens with one attached hydrogen (secondary N) is 1. The van der Waals surface area contributed by atoms with Gasteiger partial charge in [0.05, 0.1) is 0 Å². The molecule has 1 aliphatic carbocycles. The third kappa shape index (κ3) is 2.98. The number of hydrogen-bond acceptors (Lipinski definition) is 4. The van der Waals surface area contributed by atoms with Crippen molar-refractivity contribution in [2.24, 2.45) is 0 Å². The lowest BCUT2D eigenvalue weighted by molar-refractivity contribution is 0.439. The van der Waals surface area contributed by atoms with Crippen molar-refractivity contribution in [1.29, 1.82) is 0 Å². The molecular formula is C14H20N2O2S2. The number of sulfonamides is 1. The summed E-state index contributed by atoms with van der Waals surface area (Å²) in [4.78, 5) is 1.14. The summed E-state index contributed by atoms with van der Waals surface area (Å²) >= 11 is 1.41. The molecule has 0 atom stereocenters. The number of aryl methyl sites for hydroxylation is 1. The van der Waals surface area contributed by atoms with Crippen LogP contribution in [0.3, 0.4) is 0 Å². The van der Waals surface area contributed by atoms with Gasteiger partial charge in [-0.25, -0.2) is 8.42 Å². The first kappa shape index (κ1) is 14.3. The summed E-state index contributed by atoms with van der Waals surface area (Å²) in [5.74, 6) is 0. The van der Waals surface area contributed by atoms with Gasteiger partial charge < -0.3 is 5.32 Å². The lowest BCUT2D eigenvalue weighted by atomic mass is 10.3. The second-order valence-electron chi connectivity index (χ2n) is 5.45. The molecule has 1 aromatic rings. The molecule has 0 aromatic carbocycles. The minimum absolute atomic E-state index is 0.484. The largest absolute Gasteiger partial charge is 0.309 e. The van der Waals surface area contributed by atoms with Crippen LogP contribution >= 0.6 is 11.3 Å². The molecule has 2 aliphatic rings. The van der Waals surface area contributed by atoms with Gasteiger partial charge in [-0.3, -0.25) is 0 Å². The molecule has 1 aromatic heterocycles. The highest BCUT2D eigenvalue weighted by atomic mass is 32.2. The highest BCUT2D eigenvalue weighted by Gasteiger charge is 2.27. The fraction of sp³-hybridized carbons (Fsp3) is 0.571. The predicted octanol–water partition coefficient (Wildman–Crippen LogP) is 2.26. The first-order valence-electron chi connectivity index (χ1n) is 7.05. The zero-order valence-electron chi connectivity index (χ0n) is 11.6. The molecule has 0 radical (unpaired) electrons. The van der Waals surface area contributed by atoms with Crippen LogP contribution in [0.2, 0.25) is 0 Å². The van der Waals surface area contributed by atoms with E-state index in [4.69, 9.17) is 0 Å². The Morgan fingerprint density at radius 2 is 2.20 bits per heavy atom. The van der Waals surface area contributed by atoms with Crippen LogP contribution in [0.25, 0.3) is 0 Å². The standard InChI is InChI=1S/C14H20N2O2S2/c1-11-9-14(19-13(11)10-15-12-5-6-12)20(17,18)16-7-3-2-4-8-16/h2-3,9,12,15H,4-8,10H2,1H3. The van der Waals surface area contributed by atoms with E-state index in [2.05, 4.69) is 5.32 Å². The molecule has 0 unspecified atom stereocenters. The average molecular weight is 312 g/mol. The maximum absolute atomic E-state index is 12.6. The molecule has 4 nitrogen and oxygen atoms in total. The Balaban J connectivity index is 1.78. The van der Waals surface area contributed by atoms with Gasteiger partial charge >= 0.3 is 0 Å². The molecule has 1 aliphatic heterocycles. The summed E-state index contributed by atoms with van der Waals surface area (Å²) in [7, 11) is -3.31. The van der Waals surface area contributed by atoms with Crippen LogP contribution in [0.1, 0.15) is 29.7 Å². The molecule has 0 saturated heterocycles. The Labute approximate surface area is 124 Å². The maximum Gasteiger partial charge on any atom is 0.252 e. The molecule has 110 valence electrons. The van der Waals surface area contributed by atoms with Gasteiger partial charge in [0.15, 0.2) is 0 Å². The normalized spacial score (nSPS) is 20.4. The third-order valence-electron chi connectivity index (χ3n) is 3.74. The van der Waals surface area contributed by atoms with Gasteiger partial charge in [-0.05, 0) is 37.8 Å². The topological polar surface area (TPSA) is 49.4 Å². The molecule has 3 rings (SSSR count). The number of thiophene rings is 1. The molecule has 0 amide bonds. The maximum atomic E-state index is 12.6. The summed E-state index contributed by atoms with van der Waals surface area (Å²) in [6, 6.07) is 2.46. The number of rotatable bonds is 5. The summed E-state index contributed by atoms with van der Waals surface area (Å²) in [5.41, 5.74) is 1.08. The van der Waals surface area contributed by atoms with E-state index in [-0.39, 0.29) is 0 Å². The third-order valence-corrected chi connectivity index (χ3v) is 7.29. The lowest BCUT2D eigenvalue weighted by Gasteiger charge is -2.21. The minimum Gasteiger partial charge on any atom is -0.309 e. The lowest BCUT2D eigenvalue weighted by Crippen LogP contribution is -2.33. The highest BCUT2D eigenvalue weighted by molar-refractivity contribution is 7.91. The quantitative estimate of drug-likeness (QED) is 0.849. The zero-order chi connectivity index (χ0) is 14.2. The van der Waals surface area contributed by atoms with Crippen LogP contribution in [0.5, 0.6) is 0 Å². The zero-order valence-corrected chi connectivity index (χ0v) is 13.3. The molecule has 1 fully saturated rings. The Morgan fingerprint density at radius 3 is 2.85 bits per heavy atom. The van der Waals surface area contributed by atoms with E-state index in [9.17, 15) is 8.42 Å². The molecule has 2 heterocycles. The van der Waals surface area contributed by atoms with Gasteiger partial charge in [0.25, 0.3) is 10.0 Å². The van der Waals surface area contributed by atoms with Crippen molar-refractivity contribution in [3.8, 4) is 0 Å². The summed E-state index contributed by atoms with van der Waals surface area (Å²) in [6.07, 6.45) is 7.26. The van der Waals surface area contributed by atoms with Crippen molar-refractivity contribution < 1.29 is 8.42 Å². The second-order valence-corrected chi connectivity index (χ2v) is 8.75. The number of nitrogens with zero attached hydrogens (tertiary/aromatic N) is 1. The van der Waals surface area contributed by atoms with Crippen LogP contribution in [0.4, 0.5) is 0 Å². The molecule has 6 heteroatoms. The molecule has 20 heavy (non-hydrogen) atoms. The van der Waals surface area contributed by atoms with E-state index >= 15 is 0 Å². The van der Waals surface area contributed by atoms with E-state index in [0.29, 0.717) is 23.3 Å². The fourth-order valence-corrected chi connectivity index (χ4v) is 5.38. The second kappa shape index (κ2) is 5.60. The van der Waals surface area contributed by atoms with Crippen molar-refractivity contribution in [2.45, 2.75) is 43.0 Å². The van der Waals surface area contributed by atoms with Crippen molar-refractivity contribution in [2.75, 3.05) is 13.1 Å². The smallest absolute Gasteiger partial charge is 0.252 e. The van der Waals surface area contributed by atoms with Gasteiger partial charge in [0.1, 0.15) is 4.21 Å². The van der Waals surface area contributed by atoms with Crippen molar-refractivity contribution >= 4 is 21.4 Å². The molecule has 1 N–H and O–H groups in total. The minimum atomic E-state index is -3.31.